The van der Waals surface area contributed by atoms with Crippen molar-refractivity contribution in [1.29, 1.82) is 0 Å². The van der Waals surface area contributed by atoms with E-state index in [1.54, 1.807) is 0 Å². The van der Waals surface area contributed by atoms with Gasteiger partial charge in [-0.05, 0) is 61.1 Å². The molecule has 1 saturated carbocycles. The minimum atomic E-state index is -0.616. The molecular weight excluding hydrogens is 316 g/mol. The predicted octanol–water partition coefficient (Wildman–Crippen LogP) is 4.76. The number of benzene rings is 1. The lowest BCUT2D eigenvalue weighted by Crippen LogP contribution is -2.33. The molecule has 0 amide bonds. The second-order valence-electron chi connectivity index (χ2n) is 6.35. The van der Waals surface area contributed by atoms with Crippen molar-refractivity contribution in [2.45, 2.75) is 39.5 Å². The predicted molar refractivity (Wildman–Crippen MR) is 84.6 cm³/mol. The van der Waals surface area contributed by atoms with Gasteiger partial charge in [-0.1, -0.05) is 41.9 Å². The number of rotatable bonds is 4. The Morgan fingerprint density at radius 1 is 1.30 bits per heavy atom. The first-order valence-corrected chi connectivity index (χ1v) is 8.24. The standard InChI is InChI=1S/C17H23BrO2/c1-11(2)13-5-8-16(17(19)20)14(10-13)9-12-3-6-15(18)7-4-12/h3-4,6-7,11,13-14,16H,5,8-10H2,1-2H3,(H,19,20). The van der Waals surface area contributed by atoms with E-state index in [0.29, 0.717) is 11.8 Å². The molecule has 1 aromatic rings. The van der Waals surface area contributed by atoms with Gasteiger partial charge in [-0.2, -0.15) is 0 Å². The SMILES string of the molecule is CC(C)C1CCC(C(=O)O)C(Cc2ccc(Br)cc2)C1. The van der Waals surface area contributed by atoms with Gasteiger partial charge in [-0.15, -0.1) is 0 Å². The fourth-order valence-corrected chi connectivity index (χ4v) is 3.64. The number of carboxylic acids is 1. The maximum atomic E-state index is 11.5. The van der Waals surface area contributed by atoms with Crippen LogP contribution in [0.25, 0.3) is 0 Å². The molecule has 20 heavy (non-hydrogen) atoms. The molecular formula is C17H23BrO2. The number of halogens is 1. The third-order valence-electron chi connectivity index (χ3n) is 4.69. The molecule has 0 bridgehead atoms. The molecule has 1 N–H and O–H groups in total. The first-order chi connectivity index (χ1) is 9.47. The molecule has 1 aromatic carbocycles. The van der Waals surface area contributed by atoms with E-state index in [0.717, 1.165) is 30.2 Å². The van der Waals surface area contributed by atoms with Gasteiger partial charge in [0, 0.05) is 4.47 Å². The topological polar surface area (TPSA) is 37.3 Å². The van der Waals surface area contributed by atoms with E-state index < -0.39 is 5.97 Å². The van der Waals surface area contributed by atoms with Crippen molar-refractivity contribution < 1.29 is 9.90 Å². The van der Waals surface area contributed by atoms with E-state index in [1.807, 2.05) is 12.1 Å². The molecule has 2 rings (SSSR count). The number of hydrogen-bond donors (Lipinski definition) is 1. The Kier molecular flexibility index (Phi) is 5.25. The molecule has 0 spiro atoms. The molecule has 1 fully saturated rings. The molecule has 3 atom stereocenters. The lowest BCUT2D eigenvalue weighted by Gasteiger charge is -2.36. The van der Waals surface area contributed by atoms with Crippen LogP contribution in [0.4, 0.5) is 0 Å². The van der Waals surface area contributed by atoms with Crippen LogP contribution in [-0.2, 0) is 11.2 Å². The molecule has 1 aliphatic rings. The van der Waals surface area contributed by atoms with Crippen molar-refractivity contribution in [2.75, 3.05) is 0 Å². The van der Waals surface area contributed by atoms with Crippen LogP contribution < -0.4 is 0 Å². The zero-order chi connectivity index (χ0) is 14.7. The monoisotopic (exact) mass is 338 g/mol. The van der Waals surface area contributed by atoms with E-state index in [-0.39, 0.29) is 11.8 Å². The summed E-state index contributed by atoms with van der Waals surface area (Å²) in [6.07, 6.45) is 3.82. The summed E-state index contributed by atoms with van der Waals surface area (Å²) in [5.41, 5.74) is 1.24. The summed E-state index contributed by atoms with van der Waals surface area (Å²) in [4.78, 5) is 11.5. The maximum absolute atomic E-state index is 11.5. The lowest BCUT2D eigenvalue weighted by atomic mass is 9.69. The lowest BCUT2D eigenvalue weighted by molar-refractivity contribution is -0.145. The van der Waals surface area contributed by atoms with Crippen LogP contribution in [0.1, 0.15) is 38.7 Å². The summed E-state index contributed by atoms with van der Waals surface area (Å²) in [6.45, 7) is 4.50. The third kappa shape index (κ3) is 3.85. The molecule has 0 heterocycles. The van der Waals surface area contributed by atoms with Crippen molar-refractivity contribution in [3.8, 4) is 0 Å². The fraction of sp³-hybridized carbons (Fsp3) is 0.588. The molecule has 0 saturated heterocycles. The van der Waals surface area contributed by atoms with Gasteiger partial charge in [0.2, 0.25) is 0 Å². The zero-order valence-electron chi connectivity index (χ0n) is 12.2. The molecule has 1 aliphatic carbocycles. The molecule has 0 aromatic heterocycles. The highest BCUT2D eigenvalue weighted by Gasteiger charge is 2.35. The smallest absolute Gasteiger partial charge is 0.306 e. The minimum Gasteiger partial charge on any atom is -0.481 e. The normalized spacial score (nSPS) is 26.7. The second-order valence-corrected chi connectivity index (χ2v) is 7.27. The van der Waals surface area contributed by atoms with Gasteiger partial charge in [0.15, 0.2) is 0 Å². The molecule has 2 nitrogen and oxygen atoms in total. The Morgan fingerprint density at radius 3 is 2.50 bits per heavy atom. The Hall–Kier alpha value is -0.830. The van der Waals surface area contributed by atoms with Gasteiger partial charge in [0.25, 0.3) is 0 Å². The van der Waals surface area contributed by atoms with Crippen molar-refractivity contribution in [3.63, 3.8) is 0 Å². The van der Waals surface area contributed by atoms with Crippen LogP contribution in [0.5, 0.6) is 0 Å². The van der Waals surface area contributed by atoms with E-state index in [1.165, 1.54) is 5.56 Å². The van der Waals surface area contributed by atoms with E-state index >= 15 is 0 Å². The Labute approximate surface area is 129 Å². The van der Waals surface area contributed by atoms with Crippen LogP contribution >= 0.6 is 15.9 Å². The zero-order valence-corrected chi connectivity index (χ0v) is 13.8. The first-order valence-electron chi connectivity index (χ1n) is 7.44. The van der Waals surface area contributed by atoms with Gasteiger partial charge in [0.1, 0.15) is 0 Å². The van der Waals surface area contributed by atoms with Crippen LogP contribution in [0, 0.1) is 23.7 Å². The molecule has 3 heteroatoms. The van der Waals surface area contributed by atoms with Gasteiger partial charge < -0.3 is 5.11 Å². The number of carboxylic acid groups (broad SMARTS) is 1. The van der Waals surface area contributed by atoms with E-state index in [9.17, 15) is 9.90 Å². The molecule has 110 valence electrons. The molecule has 3 unspecified atom stereocenters. The number of carbonyl (C=O) groups is 1. The van der Waals surface area contributed by atoms with Crippen molar-refractivity contribution in [2.24, 2.45) is 23.7 Å². The summed E-state index contributed by atoms with van der Waals surface area (Å²) in [6, 6.07) is 8.27. The van der Waals surface area contributed by atoms with Gasteiger partial charge in [0.05, 0.1) is 5.92 Å². The summed E-state index contributed by atoms with van der Waals surface area (Å²) >= 11 is 3.44. The highest BCUT2D eigenvalue weighted by atomic mass is 79.9. The fourth-order valence-electron chi connectivity index (χ4n) is 3.38. The van der Waals surface area contributed by atoms with Crippen molar-refractivity contribution in [3.05, 3.63) is 34.3 Å². The second kappa shape index (κ2) is 6.75. The minimum absolute atomic E-state index is 0.173. The summed E-state index contributed by atoms with van der Waals surface area (Å²) in [7, 11) is 0. The van der Waals surface area contributed by atoms with E-state index in [4.69, 9.17) is 0 Å². The summed E-state index contributed by atoms with van der Waals surface area (Å²) < 4.78 is 1.07. The molecule has 0 radical (unpaired) electrons. The Balaban J connectivity index is 2.10. The third-order valence-corrected chi connectivity index (χ3v) is 5.22. The molecule has 0 aliphatic heterocycles. The average molecular weight is 339 g/mol. The Morgan fingerprint density at radius 2 is 1.95 bits per heavy atom. The van der Waals surface area contributed by atoms with Crippen molar-refractivity contribution >= 4 is 21.9 Å². The maximum Gasteiger partial charge on any atom is 0.306 e. The summed E-state index contributed by atoms with van der Waals surface area (Å²) in [5.74, 6) is 0.806. The van der Waals surface area contributed by atoms with Crippen molar-refractivity contribution in [1.82, 2.24) is 0 Å². The highest BCUT2D eigenvalue weighted by molar-refractivity contribution is 9.10. The quantitative estimate of drug-likeness (QED) is 0.858. The number of aliphatic carboxylic acids is 1. The summed E-state index contributed by atoms with van der Waals surface area (Å²) in [5, 5.41) is 9.45. The largest absolute Gasteiger partial charge is 0.481 e. The first kappa shape index (κ1) is 15.6. The number of hydrogen-bond acceptors (Lipinski definition) is 1. The van der Waals surface area contributed by atoms with E-state index in [2.05, 4.69) is 41.9 Å². The van der Waals surface area contributed by atoms with Crippen LogP contribution in [0.15, 0.2) is 28.7 Å². The van der Waals surface area contributed by atoms with Crippen LogP contribution in [-0.4, -0.2) is 11.1 Å². The van der Waals surface area contributed by atoms with Crippen LogP contribution in [0.3, 0.4) is 0 Å². The average Bonchev–Trinajstić information content (AvgIpc) is 2.41. The van der Waals surface area contributed by atoms with Gasteiger partial charge in [-0.3, -0.25) is 4.79 Å². The highest BCUT2D eigenvalue weighted by Crippen LogP contribution is 2.39. The van der Waals surface area contributed by atoms with Crippen LogP contribution in [0.2, 0.25) is 0 Å². The van der Waals surface area contributed by atoms with Gasteiger partial charge in [-0.25, -0.2) is 0 Å². The Bertz CT molecular complexity index is 453. The van der Waals surface area contributed by atoms with Gasteiger partial charge >= 0.3 is 5.97 Å².